The second-order valence-corrected chi connectivity index (χ2v) is 18.7. The van der Waals surface area contributed by atoms with Gasteiger partial charge in [-0.25, -0.2) is 19.3 Å². The number of thiazole rings is 1. The molecule has 354 valence electrons. The van der Waals surface area contributed by atoms with Gasteiger partial charge in [0.05, 0.1) is 25.1 Å². The smallest absolute Gasteiger partial charge is 0.270 e. The number of hydrogen-bond acceptors (Lipinski definition) is 13. The number of imide groups is 1. The third-order valence-electron chi connectivity index (χ3n) is 13.4. The Morgan fingerprint density at radius 3 is 2.42 bits per heavy atom. The van der Waals surface area contributed by atoms with Gasteiger partial charge in [0, 0.05) is 115 Å². The highest BCUT2D eigenvalue weighted by Crippen LogP contribution is 2.36. The van der Waals surface area contributed by atoms with Gasteiger partial charge in [0.25, 0.3) is 17.7 Å². The number of likely N-dealkylation sites (tertiary alicyclic amines) is 1. The molecule has 0 saturated carbocycles. The quantitative estimate of drug-likeness (QED) is 0.111. The van der Waals surface area contributed by atoms with Gasteiger partial charge in [-0.05, 0) is 80.6 Å². The molecule has 0 spiro atoms. The van der Waals surface area contributed by atoms with Crippen molar-refractivity contribution in [1.29, 1.82) is 0 Å². The third-order valence-corrected chi connectivity index (χ3v) is 14.1. The SMILES string of the molecule is O=C1CCC(Nc2ccc(N3CCN(CC(=O)N4CCC(NC(=O)c5ccc(C#Cc6cc(F)c7c(c6)C(=O)N(C(C(=O)Nc6nccs6)c6ncn8c6CCC8)C7)cn5)CC4)CC3)cc2)C(=O)N1. The Morgan fingerprint density at radius 2 is 1.68 bits per heavy atom. The molecule has 5 aliphatic heterocycles. The molecule has 3 saturated heterocycles. The van der Waals surface area contributed by atoms with E-state index in [2.05, 4.69) is 57.9 Å². The number of imidazole rings is 1. The van der Waals surface area contributed by atoms with Crippen LogP contribution in [0.1, 0.15) is 87.1 Å². The number of benzene rings is 2. The number of piperazine rings is 1. The number of carbonyl (C=O) groups is 6. The molecule has 18 nitrogen and oxygen atoms in total. The number of hydrogen-bond donors (Lipinski definition) is 4. The molecule has 8 heterocycles. The first kappa shape index (κ1) is 45.3. The van der Waals surface area contributed by atoms with Crippen LogP contribution in [0, 0.1) is 17.7 Å². The van der Waals surface area contributed by atoms with E-state index in [1.54, 1.807) is 30.0 Å². The predicted octanol–water partition coefficient (Wildman–Crippen LogP) is 3.32. The van der Waals surface area contributed by atoms with Crippen LogP contribution in [0.15, 0.2) is 72.6 Å². The van der Waals surface area contributed by atoms with Gasteiger partial charge in [0.15, 0.2) is 11.2 Å². The van der Waals surface area contributed by atoms with Crippen LogP contribution in [0.25, 0.3) is 0 Å². The average Bonchev–Trinajstić information content (AvgIpc) is 4.18. The summed E-state index contributed by atoms with van der Waals surface area (Å²) in [5.74, 6) is 3.48. The monoisotopic (exact) mass is 952 g/mol. The van der Waals surface area contributed by atoms with Crippen LogP contribution in [0.3, 0.4) is 0 Å². The van der Waals surface area contributed by atoms with Crippen molar-refractivity contribution < 1.29 is 33.2 Å². The number of fused-ring (bicyclic) bond motifs is 2. The second kappa shape index (κ2) is 19.6. The normalized spacial score (nSPS) is 18.8. The van der Waals surface area contributed by atoms with E-state index in [0.29, 0.717) is 68.1 Å². The number of nitrogens with one attached hydrogen (secondary N) is 4. The van der Waals surface area contributed by atoms with Crippen molar-refractivity contribution in [2.75, 3.05) is 61.3 Å². The maximum absolute atomic E-state index is 15.7. The molecule has 20 heteroatoms. The number of anilines is 3. The van der Waals surface area contributed by atoms with Gasteiger partial charge in [0.1, 0.15) is 17.6 Å². The van der Waals surface area contributed by atoms with E-state index in [9.17, 15) is 28.8 Å². The molecule has 4 N–H and O–H groups in total. The second-order valence-electron chi connectivity index (χ2n) is 17.8. The first-order chi connectivity index (χ1) is 33.5. The molecule has 2 atom stereocenters. The number of halogens is 1. The van der Waals surface area contributed by atoms with Crippen LogP contribution in [0.5, 0.6) is 0 Å². The van der Waals surface area contributed by atoms with Gasteiger partial charge in [-0.15, -0.1) is 11.3 Å². The summed E-state index contributed by atoms with van der Waals surface area (Å²) in [6.45, 7) is 5.08. The maximum Gasteiger partial charge on any atom is 0.270 e. The fourth-order valence-electron chi connectivity index (χ4n) is 9.61. The Balaban J connectivity index is 0.684. The van der Waals surface area contributed by atoms with E-state index in [-0.39, 0.29) is 58.6 Å². The Hall–Kier alpha value is -7.50. The number of pyridine rings is 1. The van der Waals surface area contributed by atoms with Gasteiger partial charge in [-0.3, -0.25) is 44.3 Å². The molecular formula is C49H49FN12O6S. The number of nitrogens with zero attached hydrogens (tertiary/aromatic N) is 8. The zero-order chi connectivity index (χ0) is 47.6. The summed E-state index contributed by atoms with van der Waals surface area (Å²) >= 11 is 1.25. The molecule has 0 aliphatic carbocycles. The lowest BCUT2D eigenvalue weighted by Crippen LogP contribution is -2.52. The van der Waals surface area contributed by atoms with Crippen molar-refractivity contribution in [1.82, 2.24) is 44.9 Å². The minimum atomic E-state index is -1.10. The Labute approximate surface area is 400 Å². The van der Waals surface area contributed by atoms with E-state index in [1.807, 2.05) is 33.7 Å². The molecule has 2 aromatic carbocycles. The summed E-state index contributed by atoms with van der Waals surface area (Å²) in [6, 6.07) is 12.3. The zero-order valence-electron chi connectivity index (χ0n) is 37.6. The highest BCUT2D eigenvalue weighted by atomic mass is 32.1. The van der Waals surface area contributed by atoms with Gasteiger partial charge >= 0.3 is 0 Å². The van der Waals surface area contributed by atoms with Crippen LogP contribution in [0.2, 0.25) is 0 Å². The van der Waals surface area contributed by atoms with Gasteiger partial charge in [-0.1, -0.05) is 11.8 Å². The molecule has 10 rings (SSSR count). The average molecular weight is 953 g/mol. The van der Waals surface area contributed by atoms with Crippen molar-refractivity contribution in [3.8, 4) is 11.8 Å². The predicted molar refractivity (Wildman–Crippen MR) is 252 cm³/mol. The number of aromatic nitrogens is 4. The van der Waals surface area contributed by atoms with Gasteiger partial charge in [-0.2, -0.15) is 0 Å². The summed E-state index contributed by atoms with van der Waals surface area (Å²) in [7, 11) is 0. The molecule has 5 aromatic rings. The number of carbonyl (C=O) groups excluding carboxylic acids is 6. The number of aryl methyl sites for hydroxylation is 1. The third kappa shape index (κ3) is 9.92. The lowest BCUT2D eigenvalue weighted by molar-refractivity contribution is -0.134. The zero-order valence-corrected chi connectivity index (χ0v) is 38.4. The first-order valence-corrected chi connectivity index (χ1v) is 24.0. The van der Waals surface area contributed by atoms with E-state index < -0.39 is 29.7 Å². The van der Waals surface area contributed by atoms with E-state index >= 15 is 4.39 Å². The standard InChI is InChI=1S/C49H49FN12O6S/c50-37-25-31(24-35-36(37)27-62(48(35)68)44(47(67)57-49-51-15-23-69-49)43-40-2-1-16-61(40)29-53-43)4-3-30-5-10-38(52-26-30)45(65)55-33-13-17-60(18-14-33)42(64)28-58-19-21-59(22-20-58)34-8-6-32(7-9-34)54-39-11-12-41(63)56-46(39)66/h5-10,15,23-26,29,33,39,44,54H,1-2,11-14,16-22,27-28H2,(H,55,65)(H,51,57,67)(H,56,63,66). The van der Waals surface area contributed by atoms with E-state index in [4.69, 9.17) is 0 Å². The van der Waals surface area contributed by atoms with Crippen molar-refractivity contribution in [2.45, 2.75) is 69.7 Å². The van der Waals surface area contributed by atoms with Crippen molar-refractivity contribution in [3.63, 3.8) is 0 Å². The molecule has 0 bridgehead atoms. The fraction of sp³-hybridized carbons (Fsp3) is 0.367. The lowest BCUT2D eigenvalue weighted by atomic mass is 10.0. The van der Waals surface area contributed by atoms with Crippen LogP contribution < -0.4 is 26.2 Å². The molecule has 5 aliphatic rings. The molecule has 3 aromatic heterocycles. The minimum Gasteiger partial charge on any atom is -0.374 e. The summed E-state index contributed by atoms with van der Waals surface area (Å²) in [5.41, 5.74) is 4.49. The van der Waals surface area contributed by atoms with Crippen molar-refractivity contribution >= 4 is 63.3 Å². The van der Waals surface area contributed by atoms with Crippen LogP contribution >= 0.6 is 11.3 Å². The number of piperidine rings is 2. The fourth-order valence-corrected chi connectivity index (χ4v) is 10.1. The summed E-state index contributed by atoms with van der Waals surface area (Å²) in [6.07, 6.45) is 8.33. The molecule has 2 unspecified atom stereocenters. The summed E-state index contributed by atoms with van der Waals surface area (Å²) in [5, 5.41) is 13.5. The summed E-state index contributed by atoms with van der Waals surface area (Å²) in [4.78, 5) is 98.5. The molecule has 6 amide bonds. The molecule has 0 radical (unpaired) electrons. The number of amides is 6. The van der Waals surface area contributed by atoms with Crippen molar-refractivity contribution in [2.24, 2.45) is 0 Å². The molecular weight excluding hydrogens is 904 g/mol. The Morgan fingerprint density at radius 1 is 0.884 bits per heavy atom. The van der Waals surface area contributed by atoms with E-state index in [1.165, 1.54) is 34.6 Å². The highest BCUT2D eigenvalue weighted by molar-refractivity contribution is 7.13. The maximum atomic E-state index is 15.7. The Bertz CT molecular complexity index is 2860. The Kier molecular flexibility index (Phi) is 12.9. The van der Waals surface area contributed by atoms with Crippen LogP contribution in [-0.4, -0.2) is 128 Å². The van der Waals surface area contributed by atoms with Gasteiger partial charge < -0.3 is 29.9 Å². The van der Waals surface area contributed by atoms with Crippen LogP contribution in [0.4, 0.5) is 20.9 Å². The highest BCUT2D eigenvalue weighted by Gasteiger charge is 2.42. The molecule has 69 heavy (non-hydrogen) atoms. The topological polar surface area (TPSA) is 207 Å². The van der Waals surface area contributed by atoms with Crippen LogP contribution in [-0.2, 0) is 38.7 Å². The van der Waals surface area contributed by atoms with E-state index in [0.717, 1.165) is 56.2 Å². The van der Waals surface area contributed by atoms with Crippen molar-refractivity contribution in [3.05, 3.63) is 118 Å². The largest absolute Gasteiger partial charge is 0.374 e. The lowest BCUT2D eigenvalue weighted by Gasteiger charge is -2.38. The number of rotatable bonds is 11. The summed E-state index contributed by atoms with van der Waals surface area (Å²) < 4.78 is 17.7. The van der Waals surface area contributed by atoms with Gasteiger partial charge in [0.2, 0.25) is 17.7 Å². The first-order valence-electron chi connectivity index (χ1n) is 23.1. The molecule has 3 fully saturated rings. The minimum absolute atomic E-state index is 0.0703.